The first kappa shape index (κ1) is 24.6. The van der Waals surface area contributed by atoms with E-state index in [1.54, 1.807) is 0 Å². The van der Waals surface area contributed by atoms with Crippen molar-refractivity contribution < 1.29 is 19.1 Å². The molecule has 0 aliphatic heterocycles. The fourth-order valence-corrected chi connectivity index (χ4v) is 4.42. The van der Waals surface area contributed by atoms with Gasteiger partial charge in [-0.25, -0.2) is 0 Å². The van der Waals surface area contributed by atoms with Gasteiger partial charge in [0.25, 0.3) is 11.8 Å². The number of halogens is 2. The van der Waals surface area contributed by atoms with Crippen LogP contribution in [0, 0.1) is 0 Å². The largest absolute Gasteiger partial charge is 0.451 e. The number of benzene rings is 3. The summed E-state index contributed by atoms with van der Waals surface area (Å²) in [6.07, 6.45) is -1.06. The third-order valence-electron chi connectivity index (χ3n) is 5.60. The number of esters is 1. The zero-order valence-electron chi connectivity index (χ0n) is 19.1. The molecule has 3 aromatic carbocycles. The Morgan fingerprint density at radius 2 is 1.71 bits per heavy atom. The van der Waals surface area contributed by atoms with Gasteiger partial charge in [-0.15, -0.1) is 0 Å². The Balaban J connectivity index is 1.37. The molecule has 1 unspecified atom stereocenters. The van der Waals surface area contributed by atoms with Gasteiger partial charge in [-0.1, -0.05) is 41.4 Å². The highest BCUT2D eigenvalue weighted by molar-refractivity contribution is 6.36. The van der Waals surface area contributed by atoms with Crippen LogP contribution < -0.4 is 10.6 Å². The lowest BCUT2D eigenvalue weighted by molar-refractivity contribution is -0.152. The fraction of sp³-hybridized carbons (Fsp3) is 0.192. The van der Waals surface area contributed by atoms with Crippen molar-refractivity contribution in [2.24, 2.45) is 0 Å². The van der Waals surface area contributed by atoms with E-state index in [1.165, 1.54) is 25.1 Å². The van der Waals surface area contributed by atoms with Crippen LogP contribution >= 0.6 is 23.2 Å². The van der Waals surface area contributed by atoms with Crippen molar-refractivity contribution in [2.75, 3.05) is 11.9 Å². The predicted molar refractivity (Wildman–Crippen MR) is 138 cm³/mol. The molecular formula is C26H23Cl2N3O4. The molecule has 4 aromatic rings. The van der Waals surface area contributed by atoms with Gasteiger partial charge in [0.15, 0.2) is 6.10 Å². The molecule has 0 spiro atoms. The van der Waals surface area contributed by atoms with E-state index >= 15 is 0 Å². The third kappa shape index (κ3) is 5.26. The van der Waals surface area contributed by atoms with Gasteiger partial charge in [-0.3, -0.25) is 14.4 Å². The molecule has 2 N–H and O–H groups in total. The van der Waals surface area contributed by atoms with E-state index in [1.807, 2.05) is 36.4 Å². The number of hydrogen-bond donors (Lipinski definition) is 2. The molecule has 180 valence electrons. The Labute approximate surface area is 211 Å². The average Bonchev–Trinajstić information content (AvgIpc) is 3.15. The first-order chi connectivity index (χ1) is 16.8. The molecule has 35 heavy (non-hydrogen) atoms. The second-order valence-electron chi connectivity index (χ2n) is 7.92. The molecule has 0 aliphatic rings. The minimum Gasteiger partial charge on any atom is -0.451 e. The molecular weight excluding hydrogens is 489 g/mol. The molecule has 0 saturated heterocycles. The van der Waals surface area contributed by atoms with Crippen molar-refractivity contribution in [3.8, 4) is 0 Å². The van der Waals surface area contributed by atoms with Crippen LogP contribution in [0.5, 0.6) is 0 Å². The first-order valence-electron chi connectivity index (χ1n) is 11.0. The van der Waals surface area contributed by atoms with Crippen LogP contribution in [-0.2, 0) is 20.9 Å². The lowest BCUT2D eigenvalue weighted by atomic mass is 10.1. The normalized spacial score (nSPS) is 11.9. The summed E-state index contributed by atoms with van der Waals surface area (Å²) in [5.41, 5.74) is 2.96. The molecule has 4 rings (SSSR count). The van der Waals surface area contributed by atoms with Crippen LogP contribution in [0.4, 0.5) is 5.69 Å². The summed E-state index contributed by atoms with van der Waals surface area (Å²) in [7, 11) is 0. The van der Waals surface area contributed by atoms with Gasteiger partial charge in [0, 0.05) is 39.1 Å². The van der Waals surface area contributed by atoms with E-state index < -0.39 is 30.4 Å². The fourth-order valence-electron chi connectivity index (χ4n) is 3.93. The number of aromatic nitrogens is 1. The second-order valence-corrected chi connectivity index (χ2v) is 8.77. The summed E-state index contributed by atoms with van der Waals surface area (Å²) in [5.74, 6) is -1.79. The van der Waals surface area contributed by atoms with Crippen molar-refractivity contribution in [2.45, 2.75) is 26.5 Å². The monoisotopic (exact) mass is 511 g/mol. The summed E-state index contributed by atoms with van der Waals surface area (Å²) < 4.78 is 7.39. The lowest BCUT2D eigenvalue weighted by Crippen LogP contribution is -2.35. The number of para-hydroxylation sites is 1. The van der Waals surface area contributed by atoms with E-state index in [2.05, 4.69) is 28.2 Å². The maximum atomic E-state index is 12.6. The molecule has 0 bridgehead atoms. The third-order valence-corrected chi connectivity index (χ3v) is 6.15. The summed E-state index contributed by atoms with van der Waals surface area (Å²) in [6, 6.07) is 18.2. The Morgan fingerprint density at radius 3 is 2.46 bits per heavy atom. The standard InChI is InChI=1S/C26H23Cl2N3O4/c1-3-31-22-7-5-4-6-18(22)20-13-17(9-11-23(20)31)30-25(33)15(2)35-24(32)14-29-26(34)19-10-8-16(27)12-21(19)28/h4-13,15H,3,14H2,1-2H3,(H,29,34)(H,30,33). The molecule has 0 saturated carbocycles. The average molecular weight is 512 g/mol. The predicted octanol–water partition coefficient (Wildman–Crippen LogP) is 5.42. The molecule has 0 fully saturated rings. The number of amides is 2. The molecule has 9 heteroatoms. The Kier molecular flexibility index (Phi) is 7.28. The van der Waals surface area contributed by atoms with E-state index in [0.717, 1.165) is 28.4 Å². The molecule has 7 nitrogen and oxygen atoms in total. The number of nitrogens with one attached hydrogen (secondary N) is 2. The highest BCUT2D eigenvalue weighted by atomic mass is 35.5. The van der Waals surface area contributed by atoms with Crippen LogP contribution in [0.1, 0.15) is 24.2 Å². The Morgan fingerprint density at radius 1 is 0.971 bits per heavy atom. The number of anilines is 1. The maximum absolute atomic E-state index is 12.6. The SMILES string of the molecule is CCn1c2ccccc2c2cc(NC(=O)C(C)OC(=O)CNC(=O)c3ccc(Cl)cc3Cl)ccc21. The summed E-state index contributed by atoms with van der Waals surface area (Å²) in [5, 5.41) is 7.88. The van der Waals surface area contributed by atoms with Crippen LogP contribution in [0.15, 0.2) is 60.7 Å². The molecule has 2 amide bonds. The zero-order chi connectivity index (χ0) is 25.1. The first-order valence-corrected chi connectivity index (χ1v) is 11.8. The summed E-state index contributed by atoms with van der Waals surface area (Å²) in [6.45, 7) is 3.96. The van der Waals surface area contributed by atoms with Gasteiger partial charge in [0.05, 0.1) is 10.6 Å². The van der Waals surface area contributed by atoms with E-state index in [0.29, 0.717) is 10.7 Å². The quantitative estimate of drug-likeness (QED) is 0.324. The number of rotatable bonds is 7. The van der Waals surface area contributed by atoms with E-state index in [9.17, 15) is 14.4 Å². The minimum absolute atomic E-state index is 0.162. The van der Waals surface area contributed by atoms with Crippen LogP contribution in [0.25, 0.3) is 21.8 Å². The summed E-state index contributed by atoms with van der Waals surface area (Å²) in [4.78, 5) is 37.0. The summed E-state index contributed by atoms with van der Waals surface area (Å²) >= 11 is 11.8. The van der Waals surface area contributed by atoms with Gasteiger partial charge in [0.2, 0.25) is 0 Å². The Hall–Kier alpha value is -3.55. The van der Waals surface area contributed by atoms with Gasteiger partial charge < -0.3 is 19.9 Å². The van der Waals surface area contributed by atoms with Crippen molar-refractivity contribution in [1.82, 2.24) is 9.88 Å². The van der Waals surface area contributed by atoms with E-state index in [4.69, 9.17) is 27.9 Å². The van der Waals surface area contributed by atoms with Gasteiger partial charge in [0.1, 0.15) is 6.54 Å². The van der Waals surface area contributed by atoms with Crippen molar-refractivity contribution in [3.63, 3.8) is 0 Å². The molecule has 0 aliphatic carbocycles. The lowest BCUT2D eigenvalue weighted by Gasteiger charge is -2.14. The second kappa shape index (κ2) is 10.4. The number of ether oxygens (including phenoxy) is 1. The highest BCUT2D eigenvalue weighted by Gasteiger charge is 2.20. The number of aryl methyl sites for hydroxylation is 1. The van der Waals surface area contributed by atoms with Gasteiger partial charge >= 0.3 is 5.97 Å². The molecule has 1 heterocycles. The van der Waals surface area contributed by atoms with Crippen molar-refractivity contribution in [1.29, 1.82) is 0 Å². The van der Waals surface area contributed by atoms with Crippen molar-refractivity contribution >= 4 is 68.5 Å². The van der Waals surface area contributed by atoms with Crippen LogP contribution in [0.3, 0.4) is 0 Å². The van der Waals surface area contributed by atoms with Gasteiger partial charge in [-0.05, 0) is 56.3 Å². The highest BCUT2D eigenvalue weighted by Crippen LogP contribution is 2.31. The molecule has 1 atom stereocenters. The number of hydrogen-bond acceptors (Lipinski definition) is 4. The number of nitrogens with zero attached hydrogens (tertiary/aromatic N) is 1. The van der Waals surface area contributed by atoms with Crippen LogP contribution in [0.2, 0.25) is 10.0 Å². The maximum Gasteiger partial charge on any atom is 0.326 e. The van der Waals surface area contributed by atoms with E-state index in [-0.39, 0.29) is 10.6 Å². The number of carbonyl (C=O) groups is 3. The van der Waals surface area contributed by atoms with Gasteiger partial charge in [-0.2, -0.15) is 0 Å². The topological polar surface area (TPSA) is 89.4 Å². The Bertz CT molecular complexity index is 1450. The number of fused-ring (bicyclic) bond motifs is 3. The van der Waals surface area contributed by atoms with Crippen molar-refractivity contribution in [3.05, 3.63) is 76.3 Å². The zero-order valence-corrected chi connectivity index (χ0v) is 20.6. The number of carbonyl (C=O) groups excluding carboxylic acids is 3. The molecule has 1 aromatic heterocycles. The van der Waals surface area contributed by atoms with Crippen LogP contribution in [-0.4, -0.2) is 35.0 Å². The molecule has 0 radical (unpaired) electrons. The smallest absolute Gasteiger partial charge is 0.326 e. The minimum atomic E-state index is -1.06.